The minimum atomic E-state index is -0.378. The van der Waals surface area contributed by atoms with Crippen LogP contribution in [0.25, 0.3) is 0 Å². The fourth-order valence-electron chi connectivity index (χ4n) is 1.78. The summed E-state index contributed by atoms with van der Waals surface area (Å²) in [4.78, 5) is 0. The first-order valence-electron chi connectivity index (χ1n) is 5.64. The molecule has 0 aromatic heterocycles. The Balaban J connectivity index is 2.31. The molecule has 0 saturated heterocycles. The summed E-state index contributed by atoms with van der Waals surface area (Å²) in [5, 5.41) is 2.98. The smallest absolute Gasteiger partial charge is 0.147 e. The molecule has 1 nitrogen and oxygen atoms in total. The molecule has 0 radical (unpaired) electrons. The van der Waals surface area contributed by atoms with Crippen LogP contribution in [0, 0.1) is 11.6 Å². The van der Waals surface area contributed by atoms with Crippen molar-refractivity contribution in [3.8, 4) is 0 Å². The fraction of sp³-hybridized carbons (Fsp3) is 0.143. The molecule has 0 heterocycles. The normalized spacial score (nSPS) is 12.3. The molecule has 0 spiro atoms. The van der Waals surface area contributed by atoms with Crippen molar-refractivity contribution in [3.63, 3.8) is 0 Å². The molecular weight excluding hydrogens is 380 g/mol. The first-order valence-corrected chi connectivity index (χ1v) is 7.23. The first kappa shape index (κ1) is 14.5. The summed E-state index contributed by atoms with van der Waals surface area (Å²) in [7, 11) is 0. The maximum atomic E-state index is 13.8. The Kier molecular flexibility index (Phi) is 4.58. The van der Waals surface area contributed by atoms with E-state index in [4.69, 9.17) is 0 Å². The van der Waals surface area contributed by atoms with Crippen molar-refractivity contribution in [1.29, 1.82) is 0 Å². The Bertz CT molecular complexity index is 582. The van der Waals surface area contributed by atoms with Crippen molar-refractivity contribution < 1.29 is 8.78 Å². The van der Waals surface area contributed by atoms with E-state index in [9.17, 15) is 8.78 Å². The number of hydrogen-bond donors (Lipinski definition) is 1. The fourth-order valence-corrected chi connectivity index (χ4v) is 2.61. The van der Waals surface area contributed by atoms with Crippen molar-refractivity contribution in [3.05, 3.63) is 62.5 Å². The van der Waals surface area contributed by atoms with Crippen LogP contribution >= 0.6 is 31.9 Å². The van der Waals surface area contributed by atoms with E-state index in [0.717, 1.165) is 4.47 Å². The largest absolute Gasteiger partial charge is 0.375 e. The van der Waals surface area contributed by atoms with E-state index in [1.54, 1.807) is 31.2 Å². The topological polar surface area (TPSA) is 12.0 Å². The van der Waals surface area contributed by atoms with Gasteiger partial charge in [-0.2, -0.15) is 0 Å². The molecule has 0 fully saturated rings. The second kappa shape index (κ2) is 6.01. The van der Waals surface area contributed by atoms with Gasteiger partial charge < -0.3 is 5.32 Å². The lowest BCUT2D eigenvalue weighted by molar-refractivity contribution is 0.595. The summed E-state index contributed by atoms with van der Waals surface area (Å²) >= 11 is 6.58. The number of rotatable bonds is 3. The van der Waals surface area contributed by atoms with Gasteiger partial charge in [-0.15, -0.1) is 0 Å². The summed E-state index contributed by atoms with van der Waals surface area (Å²) in [6.45, 7) is 1.78. The Morgan fingerprint density at radius 2 is 1.79 bits per heavy atom. The van der Waals surface area contributed by atoms with Gasteiger partial charge in [-0.05, 0) is 53.2 Å². The van der Waals surface area contributed by atoms with Crippen LogP contribution in [0.5, 0.6) is 0 Å². The van der Waals surface area contributed by atoms with Gasteiger partial charge in [0, 0.05) is 14.5 Å². The first-order chi connectivity index (χ1) is 8.99. The molecule has 0 saturated carbocycles. The average Bonchev–Trinajstić information content (AvgIpc) is 2.37. The highest BCUT2D eigenvalue weighted by molar-refractivity contribution is 9.10. The number of anilines is 1. The van der Waals surface area contributed by atoms with Crippen molar-refractivity contribution in [2.45, 2.75) is 13.0 Å². The molecule has 2 aromatic rings. The summed E-state index contributed by atoms with van der Waals surface area (Å²) in [6.07, 6.45) is 0. The van der Waals surface area contributed by atoms with Crippen molar-refractivity contribution in [2.75, 3.05) is 5.32 Å². The van der Waals surface area contributed by atoms with E-state index < -0.39 is 0 Å². The van der Waals surface area contributed by atoms with E-state index in [1.165, 1.54) is 12.1 Å². The molecule has 0 amide bonds. The van der Waals surface area contributed by atoms with Gasteiger partial charge >= 0.3 is 0 Å². The highest BCUT2D eigenvalue weighted by Crippen LogP contribution is 2.30. The van der Waals surface area contributed by atoms with E-state index >= 15 is 0 Å². The van der Waals surface area contributed by atoms with Crippen molar-refractivity contribution in [1.82, 2.24) is 0 Å². The Morgan fingerprint density at radius 1 is 1.05 bits per heavy atom. The molecular formula is C14H11Br2F2N. The Hall–Kier alpha value is -0.940. The quantitative estimate of drug-likeness (QED) is 0.712. The molecule has 19 heavy (non-hydrogen) atoms. The van der Waals surface area contributed by atoms with Gasteiger partial charge in [0.25, 0.3) is 0 Å². The minimum Gasteiger partial charge on any atom is -0.375 e. The third-order valence-corrected chi connectivity index (χ3v) is 3.90. The number of halogens is 4. The number of nitrogens with one attached hydrogen (secondary N) is 1. The third-order valence-electron chi connectivity index (χ3n) is 2.75. The van der Waals surface area contributed by atoms with Gasteiger partial charge in [-0.25, -0.2) is 8.78 Å². The maximum absolute atomic E-state index is 13.8. The zero-order valence-corrected chi connectivity index (χ0v) is 13.2. The third kappa shape index (κ3) is 3.34. The second-order valence-electron chi connectivity index (χ2n) is 4.13. The lowest BCUT2D eigenvalue weighted by atomic mass is 10.1. The Labute approximate surface area is 127 Å². The van der Waals surface area contributed by atoms with Gasteiger partial charge in [0.2, 0.25) is 0 Å². The zero-order chi connectivity index (χ0) is 14.0. The van der Waals surface area contributed by atoms with Crippen LogP contribution in [-0.4, -0.2) is 0 Å². The summed E-state index contributed by atoms with van der Waals surface area (Å²) < 4.78 is 28.9. The molecule has 2 rings (SSSR count). The van der Waals surface area contributed by atoms with Gasteiger partial charge in [0.1, 0.15) is 11.6 Å². The summed E-state index contributed by atoms with van der Waals surface area (Å²) in [6, 6.07) is 9.03. The predicted octanol–water partition coefficient (Wildman–Crippen LogP) is 5.66. The average molecular weight is 391 g/mol. The van der Waals surface area contributed by atoms with Crippen LogP contribution in [0.4, 0.5) is 14.5 Å². The second-order valence-corrected chi connectivity index (χ2v) is 5.90. The van der Waals surface area contributed by atoms with Crippen LogP contribution in [0.1, 0.15) is 18.5 Å². The molecule has 5 heteroatoms. The van der Waals surface area contributed by atoms with Crippen LogP contribution in [0.15, 0.2) is 45.3 Å². The van der Waals surface area contributed by atoms with E-state index in [-0.39, 0.29) is 17.7 Å². The van der Waals surface area contributed by atoms with Crippen LogP contribution in [0.3, 0.4) is 0 Å². The molecule has 1 unspecified atom stereocenters. The van der Waals surface area contributed by atoms with E-state index in [0.29, 0.717) is 15.7 Å². The van der Waals surface area contributed by atoms with Crippen molar-refractivity contribution >= 4 is 37.5 Å². The van der Waals surface area contributed by atoms with Gasteiger partial charge in [0.05, 0.1) is 11.7 Å². The summed E-state index contributed by atoms with van der Waals surface area (Å²) in [5.41, 5.74) is 0.805. The number of para-hydroxylation sites is 1. The number of benzene rings is 2. The highest BCUT2D eigenvalue weighted by Gasteiger charge is 2.14. The lowest BCUT2D eigenvalue weighted by Crippen LogP contribution is -2.10. The number of hydrogen-bond acceptors (Lipinski definition) is 1. The highest BCUT2D eigenvalue weighted by atomic mass is 79.9. The van der Waals surface area contributed by atoms with Gasteiger partial charge in [-0.1, -0.05) is 22.0 Å². The lowest BCUT2D eigenvalue weighted by Gasteiger charge is -2.18. The molecule has 1 N–H and O–H groups in total. The molecule has 100 valence electrons. The molecule has 1 atom stereocenters. The monoisotopic (exact) mass is 389 g/mol. The standard InChI is InChI=1S/C14H11Br2F2N/c1-8(10-7-9(15)5-6-12(10)17)19-14-11(16)3-2-4-13(14)18/h2-8,19H,1H3. The van der Waals surface area contributed by atoms with Gasteiger partial charge in [-0.3, -0.25) is 0 Å². The van der Waals surface area contributed by atoms with E-state index in [2.05, 4.69) is 37.2 Å². The summed E-state index contributed by atoms with van der Waals surface area (Å²) in [5.74, 6) is -0.702. The molecule has 0 bridgehead atoms. The van der Waals surface area contributed by atoms with Gasteiger partial charge in [0.15, 0.2) is 0 Å². The van der Waals surface area contributed by atoms with Crippen LogP contribution in [0.2, 0.25) is 0 Å². The van der Waals surface area contributed by atoms with E-state index in [1.807, 2.05) is 0 Å². The predicted molar refractivity (Wildman–Crippen MR) is 80.2 cm³/mol. The minimum absolute atomic E-state index is 0.323. The van der Waals surface area contributed by atoms with Crippen LogP contribution < -0.4 is 5.32 Å². The zero-order valence-electron chi connectivity index (χ0n) is 10.1. The maximum Gasteiger partial charge on any atom is 0.147 e. The SMILES string of the molecule is CC(Nc1c(F)cccc1Br)c1cc(Br)ccc1F. The molecule has 0 aliphatic rings. The molecule has 0 aliphatic carbocycles. The molecule has 0 aliphatic heterocycles. The Morgan fingerprint density at radius 3 is 2.47 bits per heavy atom. The van der Waals surface area contributed by atoms with Crippen molar-refractivity contribution in [2.24, 2.45) is 0 Å². The molecule has 2 aromatic carbocycles. The van der Waals surface area contributed by atoms with Crippen LogP contribution in [-0.2, 0) is 0 Å².